The van der Waals surface area contributed by atoms with Gasteiger partial charge in [-0.25, -0.2) is 4.99 Å². The quantitative estimate of drug-likeness (QED) is 0.203. The maximum absolute atomic E-state index is 13.3. The van der Waals surface area contributed by atoms with Gasteiger partial charge in [-0.1, -0.05) is 47.5 Å². The molecule has 0 saturated heterocycles. The van der Waals surface area contributed by atoms with Crippen molar-refractivity contribution in [3.63, 3.8) is 0 Å². The number of benzene rings is 2. The van der Waals surface area contributed by atoms with Crippen LogP contribution in [-0.2, 0) is 25.9 Å². The summed E-state index contributed by atoms with van der Waals surface area (Å²) in [5.74, 6) is 0.622. The lowest BCUT2D eigenvalue weighted by molar-refractivity contribution is 0.0948. The number of fused-ring (bicyclic) bond motifs is 2. The first-order valence-electron chi connectivity index (χ1n) is 12.6. The summed E-state index contributed by atoms with van der Waals surface area (Å²) in [6.45, 7) is 1.00. The lowest BCUT2D eigenvalue weighted by atomic mass is 9.95. The smallest absolute Gasteiger partial charge is 0.255 e. The molecule has 0 atom stereocenters. The Balaban J connectivity index is 1.33. The number of amides is 1. The average Bonchev–Trinajstić information content (AvgIpc) is 3.66. The molecule has 0 spiro atoms. The fourth-order valence-electron chi connectivity index (χ4n) is 5.02. The number of hydrogen-bond donors (Lipinski definition) is 1. The van der Waals surface area contributed by atoms with Crippen molar-refractivity contribution in [3.05, 3.63) is 110 Å². The second kappa shape index (κ2) is 10.8. The highest BCUT2D eigenvalue weighted by molar-refractivity contribution is 7.16. The molecule has 0 radical (unpaired) electrons. The van der Waals surface area contributed by atoms with Gasteiger partial charge in [-0.2, -0.15) is 0 Å². The first-order valence-corrected chi connectivity index (χ1v) is 14.1. The Labute approximate surface area is 234 Å². The van der Waals surface area contributed by atoms with Crippen LogP contribution in [0.5, 0.6) is 0 Å². The van der Waals surface area contributed by atoms with Crippen molar-refractivity contribution >= 4 is 62.6 Å². The van der Waals surface area contributed by atoms with E-state index < -0.39 is 0 Å². The van der Waals surface area contributed by atoms with E-state index in [0.717, 1.165) is 64.0 Å². The molecule has 3 aromatic heterocycles. The summed E-state index contributed by atoms with van der Waals surface area (Å²) in [7, 11) is 0. The zero-order chi connectivity index (χ0) is 26.1. The average molecular weight is 563 g/mol. The zero-order valence-corrected chi connectivity index (χ0v) is 22.9. The summed E-state index contributed by atoms with van der Waals surface area (Å²) in [4.78, 5) is 19.5. The lowest BCUT2D eigenvalue weighted by Gasteiger charge is -2.12. The minimum atomic E-state index is -0.102. The molecule has 1 aliphatic rings. The molecule has 192 valence electrons. The van der Waals surface area contributed by atoms with Crippen LogP contribution in [0.1, 0.15) is 50.5 Å². The van der Waals surface area contributed by atoms with Crippen LogP contribution < -0.4 is 5.32 Å². The van der Waals surface area contributed by atoms with E-state index in [2.05, 4.69) is 28.2 Å². The van der Waals surface area contributed by atoms with Gasteiger partial charge in [0.25, 0.3) is 5.91 Å². The predicted octanol–water partition coefficient (Wildman–Crippen LogP) is 8.21. The van der Waals surface area contributed by atoms with E-state index in [0.29, 0.717) is 28.7 Å². The number of halogens is 2. The van der Waals surface area contributed by atoms with Gasteiger partial charge in [0.15, 0.2) is 0 Å². The van der Waals surface area contributed by atoms with Gasteiger partial charge in [0.05, 0.1) is 28.4 Å². The fourth-order valence-corrected chi connectivity index (χ4v) is 6.57. The number of carbonyl (C=O) groups excluding carboxylic acids is 1. The second-order valence-electron chi connectivity index (χ2n) is 9.39. The molecule has 3 heterocycles. The summed E-state index contributed by atoms with van der Waals surface area (Å²) in [5, 5.41) is 5.97. The first kappa shape index (κ1) is 25.0. The fraction of sp³-hybridized carbons (Fsp3) is 0.200. The van der Waals surface area contributed by atoms with Crippen LogP contribution >= 0.6 is 34.5 Å². The standard InChI is InChI=1S/C30H25Cl2N3O2S/c31-24-12-11-19(14-25(24)32)17-35-18-20(22-7-1-3-9-26(22)35)15-34-30-28(23-8-2-4-10-27(23)38-30)29(36)33-16-21-6-5-13-37-21/h1,3,5-7,9,11-15,18H,2,4,8,10,16-17H2,(H,33,36). The monoisotopic (exact) mass is 561 g/mol. The highest BCUT2D eigenvalue weighted by atomic mass is 35.5. The van der Waals surface area contributed by atoms with Gasteiger partial charge in [0.2, 0.25) is 0 Å². The van der Waals surface area contributed by atoms with Crippen molar-refractivity contribution in [1.29, 1.82) is 0 Å². The summed E-state index contributed by atoms with van der Waals surface area (Å²) in [6, 6.07) is 17.6. The van der Waals surface area contributed by atoms with Crippen LogP contribution in [0, 0.1) is 0 Å². The third kappa shape index (κ3) is 5.04. The van der Waals surface area contributed by atoms with E-state index in [9.17, 15) is 4.79 Å². The minimum absolute atomic E-state index is 0.102. The number of aryl methyl sites for hydroxylation is 1. The Morgan fingerprint density at radius 1 is 1.08 bits per heavy atom. The largest absolute Gasteiger partial charge is 0.467 e. The van der Waals surface area contributed by atoms with Gasteiger partial charge < -0.3 is 14.3 Å². The Bertz CT molecular complexity index is 1650. The Hall–Kier alpha value is -3.32. The van der Waals surface area contributed by atoms with Crippen LogP contribution in [0.25, 0.3) is 10.9 Å². The number of thiophene rings is 1. The molecule has 38 heavy (non-hydrogen) atoms. The number of rotatable bonds is 7. The molecule has 8 heteroatoms. The normalized spacial score (nSPS) is 13.3. The SMILES string of the molecule is O=C(NCc1ccco1)c1c(N=Cc2cn(Cc3ccc(Cl)c(Cl)c3)c3ccccc23)sc2c1CCCC2. The van der Waals surface area contributed by atoms with E-state index in [-0.39, 0.29) is 5.91 Å². The second-order valence-corrected chi connectivity index (χ2v) is 11.3. The molecular weight excluding hydrogens is 537 g/mol. The number of nitrogens with zero attached hydrogens (tertiary/aromatic N) is 2. The molecule has 1 N–H and O–H groups in total. The molecule has 0 saturated carbocycles. The summed E-state index contributed by atoms with van der Waals surface area (Å²) in [6.07, 6.45) is 9.74. The lowest BCUT2D eigenvalue weighted by Crippen LogP contribution is -2.23. The van der Waals surface area contributed by atoms with Crippen LogP contribution in [0.3, 0.4) is 0 Å². The molecule has 0 bridgehead atoms. The van der Waals surface area contributed by atoms with Crippen molar-refractivity contribution in [2.75, 3.05) is 0 Å². The molecule has 2 aromatic carbocycles. The van der Waals surface area contributed by atoms with Crippen LogP contribution in [-0.4, -0.2) is 16.7 Å². The molecule has 0 fully saturated rings. The number of furan rings is 1. The summed E-state index contributed by atoms with van der Waals surface area (Å²) >= 11 is 14.0. The van der Waals surface area contributed by atoms with Gasteiger partial charge in [0, 0.05) is 40.3 Å². The summed E-state index contributed by atoms with van der Waals surface area (Å²) in [5.41, 5.74) is 5.00. The Kier molecular flexibility index (Phi) is 7.11. The Morgan fingerprint density at radius 3 is 2.79 bits per heavy atom. The third-order valence-electron chi connectivity index (χ3n) is 6.86. The highest BCUT2D eigenvalue weighted by Crippen LogP contribution is 2.40. The Morgan fingerprint density at radius 2 is 1.95 bits per heavy atom. The minimum Gasteiger partial charge on any atom is -0.467 e. The van der Waals surface area contributed by atoms with Crippen molar-refractivity contribution in [2.45, 2.75) is 38.8 Å². The molecule has 6 rings (SSSR count). The maximum Gasteiger partial charge on any atom is 0.255 e. The van der Waals surface area contributed by atoms with Crippen LogP contribution in [0.15, 0.2) is 76.5 Å². The third-order valence-corrected chi connectivity index (χ3v) is 8.80. The van der Waals surface area contributed by atoms with Gasteiger partial charge in [-0.05, 0) is 67.1 Å². The maximum atomic E-state index is 13.3. The van der Waals surface area contributed by atoms with Crippen LogP contribution in [0.2, 0.25) is 10.0 Å². The molecule has 0 aliphatic heterocycles. The van der Waals surface area contributed by atoms with Crippen LogP contribution in [0.4, 0.5) is 5.00 Å². The van der Waals surface area contributed by atoms with Gasteiger partial charge >= 0.3 is 0 Å². The van der Waals surface area contributed by atoms with E-state index >= 15 is 0 Å². The number of hydrogen-bond acceptors (Lipinski definition) is 4. The number of aliphatic imine (C=N–C) groups is 1. The zero-order valence-electron chi connectivity index (χ0n) is 20.5. The van der Waals surface area contributed by atoms with Crippen molar-refractivity contribution in [1.82, 2.24) is 9.88 Å². The topological polar surface area (TPSA) is 59.5 Å². The first-order chi connectivity index (χ1) is 18.6. The van der Waals surface area contributed by atoms with Crippen molar-refractivity contribution in [3.8, 4) is 0 Å². The van der Waals surface area contributed by atoms with Crippen molar-refractivity contribution < 1.29 is 9.21 Å². The van der Waals surface area contributed by atoms with E-state index in [1.54, 1.807) is 17.6 Å². The van der Waals surface area contributed by atoms with Gasteiger partial charge in [-0.15, -0.1) is 11.3 Å². The van der Waals surface area contributed by atoms with E-state index in [1.807, 2.05) is 48.7 Å². The molecule has 5 nitrogen and oxygen atoms in total. The number of nitrogens with one attached hydrogen (secondary N) is 1. The molecule has 1 aliphatic carbocycles. The number of aromatic nitrogens is 1. The number of para-hydroxylation sites is 1. The van der Waals surface area contributed by atoms with E-state index in [4.69, 9.17) is 32.6 Å². The molecule has 1 amide bonds. The molecule has 5 aromatic rings. The highest BCUT2D eigenvalue weighted by Gasteiger charge is 2.25. The number of carbonyl (C=O) groups is 1. The molecule has 0 unspecified atom stereocenters. The van der Waals surface area contributed by atoms with Gasteiger partial charge in [0.1, 0.15) is 10.8 Å². The predicted molar refractivity (Wildman–Crippen MR) is 156 cm³/mol. The van der Waals surface area contributed by atoms with Crippen molar-refractivity contribution in [2.24, 2.45) is 4.99 Å². The summed E-state index contributed by atoms with van der Waals surface area (Å²) < 4.78 is 7.58. The molecular formula is C30H25Cl2N3O2S. The van der Waals surface area contributed by atoms with E-state index in [1.165, 1.54) is 4.88 Å². The van der Waals surface area contributed by atoms with Gasteiger partial charge in [-0.3, -0.25) is 4.79 Å².